The van der Waals surface area contributed by atoms with E-state index in [-0.39, 0.29) is 18.4 Å². The maximum absolute atomic E-state index is 15.1. The fraction of sp³-hybridized carbons (Fsp3) is 0.192. The number of aryl methyl sites for hydroxylation is 3. The molecule has 0 bridgehead atoms. The summed E-state index contributed by atoms with van der Waals surface area (Å²) in [4.78, 5) is 4.46. The number of alkyl halides is 2. The van der Waals surface area contributed by atoms with Crippen LogP contribution in [0.25, 0.3) is 22.0 Å². The highest BCUT2D eigenvalue weighted by Gasteiger charge is 2.17. The third-order valence-corrected chi connectivity index (χ3v) is 5.51. The van der Waals surface area contributed by atoms with Crippen molar-refractivity contribution in [1.29, 1.82) is 0 Å². The molecular formula is C26H20F5NO. The van der Waals surface area contributed by atoms with E-state index in [2.05, 4.69) is 16.6 Å². The first-order chi connectivity index (χ1) is 15.9. The topological polar surface area (TPSA) is 22.1 Å². The molecule has 0 fully saturated rings. The van der Waals surface area contributed by atoms with Crippen LogP contribution in [0.4, 0.5) is 22.0 Å². The second-order valence-corrected chi connectivity index (χ2v) is 7.65. The first-order valence-electron chi connectivity index (χ1n) is 10.4. The first-order valence-corrected chi connectivity index (χ1v) is 10.4. The number of hydrogen-bond donors (Lipinski definition) is 0. The maximum Gasteiger partial charge on any atom is 0.387 e. The van der Waals surface area contributed by atoms with Crippen molar-refractivity contribution in [2.45, 2.75) is 32.8 Å². The molecule has 2 nitrogen and oxygen atoms in total. The van der Waals surface area contributed by atoms with Crippen molar-refractivity contribution in [1.82, 2.24) is 4.98 Å². The summed E-state index contributed by atoms with van der Waals surface area (Å²) < 4.78 is 71.4. The number of halogens is 5. The first kappa shape index (κ1) is 22.7. The standard InChI is InChI=1S/C26H20F5NO/c1-2-15-4-10-23(32-14-15)19-8-9-20-18(13-19)7-6-17(24(20)29)5-3-16-11-21(27)25(22(28)12-16)33-26(30)31/h4,6-14,26H,2-3,5H2,1H3. The van der Waals surface area contributed by atoms with Crippen molar-refractivity contribution in [2.75, 3.05) is 0 Å². The minimum atomic E-state index is -3.33. The van der Waals surface area contributed by atoms with Gasteiger partial charge >= 0.3 is 6.61 Å². The van der Waals surface area contributed by atoms with Gasteiger partial charge in [-0.25, -0.2) is 13.2 Å². The molecule has 4 rings (SSSR count). The summed E-state index contributed by atoms with van der Waals surface area (Å²) in [5.74, 6) is -3.98. The van der Waals surface area contributed by atoms with Crippen LogP contribution in [0.2, 0.25) is 0 Å². The molecule has 0 aliphatic carbocycles. The average molecular weight is 457 g/mol. The molecular weight excluding hydrogens is 437 g/mol. The summed E-state index contributed by atoms with van der Waals surface area (Å²) in [5, 5.41) is 1.14. The van der Waals surface area contributed by atoms with E-state index in [1.54, 1.807) is 24.3 Å². The van der Waals surface area contributed by atoms with Crippen LogP contribution in [0.5, 0.6) is 5.75 Å². The Balaban J connectivity index is 1.55. The van der Waals surface area contributed by atoms with Gasteiger partial charge in [-0.15, -0.1) is 0 Å². The Bertz CT molecular complexity index is 1270. The number of aromatic nitrogens is 1. The smallest absolute Gasteiger partial charge is 0.387 e. The van der Waals surface area contributed by atoms with E-state index in [0.29, 0.717) is 16.3 Å². The fourth-order valence-electron chi connectivity index (χ4n) is 3.73. The molecule has 0 N–H and O–H groups in total. The third-order valence-electron chi connectivity index (χ3n) is 5.51. The average Bonchev–Trinajstić information content (AvgIpc) is 2.81. The number of nitrogens with zero attached hydrogens (tertiary/aromatic N) is 1. The van der Waals surface area contributed by atoms with Crippen LogP contribution >= 0.6 is 0 Å². The van der Waals surface area contributed by atoms with Gasteiger partial charge in [-0.3, -0.25) is 4.98 Å². The Kier molecular flexibility index (Phi) is 6.58. The van der Waals surface area contributed by atoms with Gasteiger partial charge in [0.05, 0.1) is 5.69 Å². The molecule has 0 unspecified atom stereocenters. The molecule has 7 heteroatoms. The Labute approximate surface area is 187 Å². The lowest BCUT2D eigenvalue weighted by Gasteiger charge is -2.11. The van der Waals surface area contributed by atoms with Crippen molar-refractivity contribution in [3.05, 3.63) is 94.9 Å². The highest BCUT2D eigenvalue weighted by molar-refractivity contribution is 5.88. The second kappa shape index (κ2) is 9.57. The highest BCUT2D eigenvalue weighted by atomic mass is 19.3. The maximum atomic E-state index is 15.1. The predicted molar refractivity (Wildman–Crippen MR) is 117 cm³/mol. The third kappa shape index (κ3) is 4.97. The summed E-state index contributed by atoms with van der Waals surface area (Å²) >= 11 is 0. The van der Waals surface area contributed by atoms with Crippen molar-refractivity contribution in [2.24, 2.45) is 0 Å². The SMILES string of the molecule is CCc1ccc(-c2ccc3c(F)c(CCc4cc(F)c(OC(F)F)c(F)c4)ccc3c2)nc1. The normalized spacial score (nSPS) is 11.4. The van der Waals surface area contributed by atoms with Crippen molar-refractivity contribution >= 4 is 10.8 Å². The molecule has 0 atom stereocenters. The van der Waals surface area contributed by atoms with Gasteiger partial charge in [0.2, 0.25) is 0 Å². The van der Waals surface area contributed by atoms with Crippen molar-refractivity contribution < 1.29 is 26.7 Å². The van der Waals surface area contributed by atoms with Gasteiger partial charge in [0.15, 0.2) is 17.4 Å². The lowest BCUT2D eigenvalue weighted by atomic mass is 9.98. The second-order valence-electron chi connectivity index (χ2n) is 7.65. The van der Waals surface area contributed by atoms with E-state index < -0.39 is 29.8 Å². The zero-order chi connectivity index (χ0) is 23.5. The van der Waals surface area contributed by atoms with Crippen LogP contribution in [0, 0.1) is 17.5 Å². The number of pyridine rings is 1. The molecule has 0 aliphatic rings. The number of rotatable bonds is 7. The molecule has 1 heterocycles. The summed E-state index contributed by atoms with van der Waals surface area (Å²) in [6, 6.07) is 14.6. The van der Waals surface area contributed by atoms with Crippen LogP contribution < -0.4 is 4.74 Å². The van der Waals surface area contributed by atoms with Crippen LogP contribution in [-0.2, 0) is 19.3 Å². The van der Waals surface area contributed by atoms with Gasteiger partial charge in [0, 0.05) is 17.1 Å². The Hall–Kier alpha value is -3.48. The van der Waals surface area contributed by atoms with Gasteiger partial charge in [-0.05, 0) is 65.6 Å². The number of hydrogen-bond acceptors (Lipinski definition) is 2. The molecule has 0 radical (unpaired) electrons. The van der Waals surface area contributed by atoms with E-state index in [4.69, 9.17) is 0 Å². The molecule has 3 aromatic carbocycles. The molecule has 170 valence electrons. The Morgan fingerprint density at radius 2 is 1.61 bits per heavy atom. The van der Waals surface area contributed by atoms with E-state index in [1.807, 2.05) is 24.4 Å². The molecule has 0 saturated carbocycles. The summed E-state index contributed by atoms with van der Waals surface area (Å²) in [6.07, 6.45) is 3.02. The van der Waals surface area contributed by atoms with Gasteiger partial charge in [-0.2, -0.15) is 8.78 Å². The molecule has 0 saturated heterocycles. The van der Waals surface area contributed by atoms with Crippen LogP contribution in [0.3, 0.4) is 0 Å². The largest absolute Gasteiger partial charge is 0.429 e. The van der Waals surface area contributed by atoms with Gasteiger partial charge < -0.3 is 4.74 Å². The van der Waals surface area contributed by atoms with E-state index in [1.165, 1.54) is 0 Å². The summed E-state index contributed by atoms with van der Waals surface area (Å²) in [5.41, 5.74) is 3.39. The zero-order valence-corrected chi connectivity index (χ0v) is 17.7. The van der Waals surface area contributed by atoms with Crippen LogP contribution in [-0.4, -0.2) is 11.6 Å². The highest BCUT2D eigenvalue weighted by Crippen LogP contribution is 2.29. The number of fused-ring (bicyclic) bond motifs is 1. The lowest BCUT2D eigenvalue weighted by Crippen LogP contribution is -2.06. The van der Waals surface area contributed by atoms with E-state index in [9.17, 15) is 17.6 Å². The molecule has 1 aromatic heterocycles. The number of benzene rings is 3. The van der Waals surface area contributed by atoms with E-state index in [0.717, 1.165) is 35.4 Å². The van der Waals surface area contributed by atoms with Gasteiger partial charge in [0.1, 0.15) is 5.82 Å². The van der Waals surface area contributed by atoms with Gasteiger partial charge in [-0.1, -0.05) is 37.3 Å². The van der Waals surface area contributed by atoms with Crippen LogP contribution in [0.15, 0.2) is 60.8 Å². The monoisotopic (exact) mass is 457 g/mol. The minimum absolute atomic E-state index is 0.122. The Morgan fingerprint density at radius 3 is 2.24 bits per heavy atom. The quantitative estimate of drug-likeness (QED) is 0.272. The van der Waals surface area contributed by atoms with Crippen LogP contribution in [0.1, 0.15) is 23.6 Å². The number of ether oxygens (including phenoxy) is 1. The molecule has 4 aromatic rings. The molecule has 33 heavy (non-hydrogen) atoms. The molecule has 0 spiro atoms. The fourth-order valence-corrected chi connectivity index (χ4v) is 3.73. The molecule has 0 amide bonds. The predicted octanol–water partition coefficient (Wildman–Crippen LogP) is 7.27. The van der Waals surface area contributed by atoms with Gasteiger partial charge in [0.25, 0.3) is 0 Å². The summed E-state index contributed by atoms with van der Waals surface area (Å²) in [6.45, 7) is -1.28. The van der Waals surface area contributed by atoms with Crippen molar-refractivity contribution in [3.8, 4) is 17.0 Å². The van der Waals surface area contributed by atoms with E-state index >= 15 is 4.39 Å². The Morgan fingerprint density at radius 1 is 0.848 bits per heavy atom. The lowest BCUT2D eigenvalue weighted by molar-refractivity contribution is -0.0546. The van der Waals surface area contributed by atoms with Crippen molar-refractivity contribution in [3.63, 3.8) is 0 Å². The minimum Gasteiger partial charge on any atom is -0.429 e. The summed E-state index contributed by atoms with van der Waals surface area (Å²) in [7, 11) is 0. The molecule has 0 aliphatic heterocycles. The zero-order valence-electron chi connectivity index (χ0n) is 17.7.